The topological polar surface area (TPSA) is 77.0 Å². The third kappa shape index (κ3) is 5.10. The molecule has 4 aromatic carbocycles. The van der Waals surface area contributed by atoms with Gasteiger partial charge in [-0.1, -0.05) is 72.8 Å². The second-order valence-corrected chi connectivity index (χ2v) is 9.83. The van der Waals surface area contributed by atoms with Crippen LogP contribution in [-0.2, 0) is 10.2 Å². The zero-order valence-electron chi connectivity index (χ0n) is 20.6. The fourth-order valence-electron chi connectivity index (χ4n) is 4.73. The first-order valence-electron chi connectivity index (χ1n) is 12.1. The van der Waals surface area contributed by atoms with E-state index in [4.69, 9.17) is 9.47 Å². The average Bonchev–Trinajstić information content (AvgIpc) is 3.72. The van der Waals surface area contributed by atoms with Crippen molar-refractivity contribution in [3.8, 4) is 11.5 Å². The number of carbonyl (C=O) groups is 2. The number of ether oxygens (including phenoxy) is 2. The lowest BCUT2D eigenvalue weighted by Gasteiger charge is -2.18. The molecule has 1 saturated carbocycles. The normalized spacial score (nSPS) is 15.6. The van der Waals surface area contributed by atoms with Crippen LogP contribution in [0, 0.1) is 5.92 Å². The van der Waals surface area contributed by atoms with Gasteiger partial charge >= 0.3 is 5.97 Å². The van der Waals surface area contributed by atoms with Crippen molar-refractivity contribution in [2.45, 2.75) is 11.8 Å². The zero-order valence-corrected chi connectivity index (χ0v) is 22.2. The standard InChI is InChI=1S/C31H25BrN2O4/c1-37-28-18-21(16-17-27(28)38-30(36)24-14-8-9-15-26(24)32)20-33-34-29(35)25-19-31(25,22-10-4-2-5-11-22)23-12-6-3-7-13-23/h2-18,20,25H,19H2,1H3,(H,34,35)/b33-20-/t25-/m0/s1. The van der Waals surface area contributed by atoms with E-state index >= 15 is 0 Å². The number of methoxy groups -OCH3 is 1. The zero-order chi connectivity index (χ0) is 26.5. The Kier molecular flexibility index (Phi) is 7.38. The number of rotatable bonds is 8. The molecule has 0 bridgehead atoms. The van der Waals surface area contributed by atoms with Gasteiger partial charge < -0.3 is 9.47 Å². The summed E-state index contributed by atoms with van der Waals surface area (Å²) in [6.07, 6.45) is 2.25. The lowest BCUT2D eigenvalue weighted by Crippen LogP contribution is -2.25. The molecule has 0 radical (unpaired) electrons. The number of nitrogens with zero attached hydrogens (tertiary/aromatic N) is 1. The van der Waals surface area contributed by atoms with E-state index in [1.807, 2.05) is 42.5 Å². The van der Waals surface area contributed by atoms with Crippen LogP contribution >= 0.6 is 15.9 Å². The van der Waals surface area contributed by atoms with E-state index in [1.54, 1.807) is 36.4 Å². The van der Waals surface area contributed by atoms with Gasteiger partial charge in [0.25, 0.3) is 0 Å². The molecular formula is C31H25BrN2O4. The summed E-state index contributed by atoms with van der Waals surface area (Å²) >= 11 is 3.36. The summed E-state index contributed by atoms with van der Waals surface area (Å²) < 4.78 is 11.6. The van der Waals surface area contributed by atoms with E-state index in [0.29, 0.717) is 27.8 Å². The molecule has 0 saturated heterocycles. The lowest BCUT2D eigenvalue weighted by atomic mass is 9.85. The Balaban J connectivity index is 1.27. The van der Waals surface area contributed by atoms with E-state index in [1.165, 1.54) is 13.3 Å². The first-order chi connectivity index (χ1) is 18.5. The largest absolute Gasteiger partial charge is 0.493 e. The molecule has 1 atom stereocenters. The molecule has 0 heterocycles. The Morgan fingerprint density at radius 1 is 0.895 bits per heavy atom. The monoisotopic (exact) mass is 568 g/mol. The molecule has 1 N–H and O–H groups in total. The Labute approximate surface area is 229 Å². The van der Waals surface area contributed by atoms with Gasteiger partial charge in [-0.05, 0) is 69.4 Å². The van der Waals surface area contributed by atoms with Gasteiger partial charge in [0.1, 0.15) is 0 Å². The van der Waals surface area contributed by atoms with Crippen molar-refractivity contribution >= 4 is 34.0 Å². The Bertz CT molecular complexity index is 1450. The van der Waals surface area contributed by atoms with Crippen LogP contribution in [0.15, 0.2) is 113 Å². The van der Waals surface area contributed by atoms with Crippen molar-refractivity contribution in [3.63, 3.8) is 0 Å². The fraction of sp³-hybridized carbons (Fsp3) is 0.129. The number of nitrogens with one attached hydrogen (secondary N) is 1. The summed E-state index contributed by atoms with van der Waals surface area (Å²) in [4.78, 5) is 25.7. The highest BCUT2D eigenvalue weighted by Gasteiger charge is 2.60. The van der Waals surface area contributed by atoms with Crippen molar-refractivity contribution in [1.82, 2.24) is 5.43 Å². The Morgan fingerprint density at radius 3 is 2.16 bits per heavy atom. The molecule has 0 aliphatic heterocycles. The number of amides is 1. The van der Waals surface area contributed by atoms with Gasteiger partial charge in [-0.25, -0.2) is 10.2 Å². The summed E-state index contributed by atoms with van der Waals surface area (Å²) in [5, 5.41) is 4.19. The molecular weight excluding hydrogens is 544 g/mol. The predicted molar refractivity (Wildman–Crippen MR) is 150 cm³/mol. The molecule has 1 aliphatic carbocycles. The quantitative estimate of drug-likeness (QED) is 0.120. The van der Waals surface area contributed by atoms with Gasteiger partial charge in [0, 0.05) is 9.89 Å². The highest BCUT2D eigenvalue weighted by molar-refractivity contribution is 9.10. The van der Waals surface area contributed by atoms with Gasteiger partial charge in [0.15, 0.2) is 11.5 Å². The number of esters is 1. The highest BCUT2D eigenvalue weighted by atomic mass is 79.9. The number of halogens is 1. The highest BCUT2D eigenvalue weighted by Crippen LogP contribution is 2.58. The van der Waals surface area contributed by atoms with Crippen LogP contribution < -0.4 is 14.9 Å². The minimum absolute atomic E-state index is 0.139. The molecule has 7 heteroatoms. The average molecular weight is 569 g/mol. The van der Waals surface area contributed by atoms with Crippen LogP contribution in [0.2, 0.25) is 0 Å². The van der Waals surface area contributed by atoms with Crippen molar-refractivity contribution in [2.24, 2.45) is 11.0 Å². The molecule has 6 nitrogen and oxygen atoms in total. The molecule has 190 valence electrons. The first-order valence-corrected chi connectivity index (χ1v) is 12.9. The van der Waals surface area contributed by atoms with Crippen LogP contribution in [0.25, 0.3) is 0 Å². The summed E-state index contributed by atoms with van der Waals surface area (Å²) in [6.45, 7) is 0. The smallest absolute Gasteiger partial charge is 0.344 e. The molecule has 38 heavy (non-hydrogen) atoms. The van der Waals surface area contributed by atoms with Gasteiger partial charge in [-0.3, -0.25) is 4.79 Å². The van der Waals surface area contributed by atoms with Crippen LogP contribution in [0.5, 0.6) is 11.5 Å². The molecule has 1 fully saturated rings. The van der Waals surface area contributed by atoms with E-state index in [-0.39, 0.29) is 23.0 Å². The molecule has 0 aromatic heterocycles. The minimum Gasteiger partial charge on any atom is -0.493 e. The Morgan fingerprint density at radius 2 is 1.53 bits per heavy atom. The van der Waals surface area contributed by atoms with Gasteiger partial charge in [-0.15, -0.1) is 0 Å². The summed E-state index contributed by atoms with van der Waals surface area (Å²) in [5.41, 5.74) is 5.66. The van der Waals surface area contributed by atoms with E-state index < -0.39 is 5.97 Å². The lowest BCUT2D eigenvalue weighted by molar-refractivity contribution is -0.122. The third-order valence-electron chi connectivity index (χ3n) is 6.73. The maximum Gasteiger partial charge on any atom is 0.344 e. The second kappa shape index (κ2) is 11.0. The third-order valence-corrected chi connectivity index (χ3v) is 7.42. The van der Waals surface area contributed by atoms with Crippen molar-refractivity contribution in [2.75, 3.05) is 7.11 Å². The van der Waals surface area contributed by atoms with E-state index in [9.17, 15) is 9.59 Å². The van der Waals surface area contributed by atoms with Crippen molar-refractivity contribution in [1.29, 1.82) is 0 Å². The fourth-order valence-corrected chi connectivity index (χ4v) is 5.18. The summed E-state index contributed by atoms with van der Waals surface area (Å²) in [6, 6.07) is 32.3. The number of benzene rings is 4. The van der Waals surface area contributed by atoms with Gasteiger partial charge in [0.05, 0.1) is 24.8 Å². The molecule has 5 rings (SSSR count). The summed E-state index contributed by atoms with van der Waals surface area (Å²) in [7, 11) is 1.49. The Hall–Kier alpha value is -4.23. The maximum absolute atomic E-state index is 13.1. The van der Waals surface area contributed by atoms with Crippen LogP contribution in [0.4, 0.5) is 0 Å². The number of carbonyl (C=O) groups excluding carboxylic acids is 2. The predicted octanol–water partition coefficient (Wildman–Crippen LogP) is 6.13. The molecule has 0 unspecified atom stereocenters. The number of hydrazone groups is 1. The van der Waals surface area contributed by atoms with Crippen molar-refractivity contribution in [3.05, 3.63) is 130 Å². The second-order valence-electron chi connectivity index (χ2n) is 8.97. The molecule has 4 aromatic rings. The number of hydrogen-bond donors (Lipinski definition) is 1. The maximum atomic E-state index is 13.1. The summed E-state index contributed by atoms with van der Waals surface area (Å²) in [5.74, 6) is -0.217. The minimum atomic E-state index is -0.505. The van der Waals surface area contributed by atoms with E-state index in [2.05, 4.69) is 50.7 Å². The molecule has 1 amide bonds. The molecule has 1 aliphatic rings. The van der Waals surface area contributed by atoms with Crippen molar-refractivity contribution < 1.29 is 19.1 Å². The number of hydrogen-bond acceptors (Lipinski definition) is 5. The van der Waals surface area contributed by atoms with Crippen LogP contribution in [-0.4, -0.2) is 25.2 Å². The van der Waals surface area contributed by atoms with Crippen LogP contribution in [0.3, 0.4) is 0 Å². The SMILES string of the molecule is COc1cc(/C=N\NC(=O)[C@@H]2CC2(c2ccccc2)c2ccccc2)ccc1OC(=O)c1ccccc1Br. The van der Waals surface area contributed by atoms with Crippen LogP contribution in [0.1, 0.15) is 33.5 Å². The first kappa shape index (κ1) is 25.4. The van der Waals surface area contributed by atoms with Gasteiger partial charge in [0.2, 0.25) is 5.91 Å². The molecule has 0 spiro atoms. The van der Waals surface area contributed by atoms with Gasteiger partial charge in [-0.2, -0.15) is 5.10 Å². The van der Waals surface area contributed by atoms with E-state index in [0.717, 1.165) is 11.1 Å².